The van der Waals surface area contributed by atoms with E-state index in [0.717, 1.165) is 0 Å². The zero-order valence-corrected chi connectivity index (χ0v) is 11.9. The molecule has 0 aromatic carbocycles. The average molecular weight is 306 g/mol. The lowest BCUT2D eigenvalue weighted by Gasteiger charge is -2.06. The molecule has 0 saturated carbocycles. The fourth-order valence-electron chi connectivity index (χ4n) is 0.987. The third-order valence-electron chi connectivity index (χ3n) is 1.81. The van der Waals surface area contributed by atoms with E-state index in [0.29, 0.717) is 0 Å². The van der Waals surface area contributed by atoms with Gasteiger partial charge in [0.25, 0.3) is 0 Å². The molecule has 0 radical (unpaired) electrons. The molecule has 0 fully saturated rings. The topological polar surface area (TPSA) is 114 Å². The molecule has 120 valence electrons. The Hall–Kier alpha value is -2.16. The number of rotatable bonds is 8. The Morgan fingerprint density at radius 3 is 1.24 bits per heavy atom. The van der Waals surface area contributed by atoms with Crippen LogP contribution in [0.1, 0.15) is 13.8 Å². The Kier molecular flexibility index (Phi) is 10.5. The van der Waals surface area contributed by atoms with E-state index in [9.17, 15) is 19.2 Å². The van der Waals surface area contributed by atoms with Crippen LogP contribution in [0.4, 0.5) is 0 Å². The summed E-state index contributed by atoms with van der Waals surface area (Å²) in [6, 6.07) is 0. The van der Waals surface area contributed by atoms with Gasteiger partial charge in [-0.1, -0.05) is 0 Å². The molecule has 0 unspecified atom stereocenters. The van der Waals surface area contributed by atoms with E-state index >= 15 is 0 Å². The molecular formula is C12H18O9. The zero-order valence-electron chi connectivity index (χ0n) is 11.9. The Labute approximate surface area is 121 Å². The van der Waals surface area contributed by atoms with Gasteiger partial charge in [-0.2, -0.15) is 0 Å². The van der Waals surface area contributed by atoms with Gasteiger partial charge in [0.15, 0.2) is 0 Å². The van der Waals surface area contributed by atoms with Crippen LogP contribution in [0.15, 0.2) is 0 Å². The largest absolute Gasteiger partial charge is 0.458 e. The highest BCUT2D eigenvalue weighted by Crippen LogP contribution is 1.88. The molecule has 0 N–H and O–H groups in total. The van der Waals surface area contributed by atoms with E-state index in [2.05, 4.69) is 18.9 Å². The number of hydrogen-bond acceptors (Lipinski definition) is 9. The van der Waals surface area contributed by atoms with Gasteiger partial charge in [0.2, 0.25) is 0 Å². The predicted molar refractivity (Wildman–Crippen MR) is 66.0 cm³/mol. The third-order valence-corrected chi connectivity index (χ3v) is 1.81. The smallest absolute Gasteiger partial charge is 0.417 e. The molecule has 0 bridgehead atoms. The van der Waals surface area contributed by atoms with Crippen molar-refractivity contribution in [1.29, 1.82) is 0 Å². The molecule has 0 heterocycles. The van der Waals surface area contributed by atoms with Crippen molar-refractivity contribution in [2.45, 2.75) is 13.8 Å². The van der Waals surface area contributed by atoms with Gasteiger partial charge in [0.05, 0.1) is 26.4 Å². The Morgan fingerprint density at radius 1 is 0.571 bits per heavy atom. The van der Waals surface area contributed by atoms with Crippen molar-refractivity contribution in [1.82, 2.24) is 0 Å². The summed E-state index contributed by atoms with van der Waals surface area (Å²) >= 11 is 0. The summed E-state index contributed by atoms with van der Waals surface area (Å²) in [7, 11) is 0. The van der Waals surface area contributed by atoms with Gasteiger partial charge in [-0.15, -0.1) is 0 Å². The molecular weight excluding hydrogens is 288 g/mol. The summed E-state index contributed by atoms with van der Waals surface area (Å²) in [6.45, 7) is 2.99. The predicted octanol–water partition coefficient (Wildman–Crippen LogP) is -0.784. The van der Waals surface area contributed by atoms with E-state index in [1.165, 1.54) is 0 Å². The van der Waals surface area contributed by atoms with Crippen LogP contribution in [-0.2, 0) is 42.9 Å². The molecule has 0 aliphatic heterocycles. The molecule has 21 heavy (non-hydrogen) atoms. The lowest BCUT2D eigenvalue weighted by atomic mass is 10.6. The Morgan fingerprint density at radius 2 is 0.905 bits per heavy atom. The standard InChI is InChI=1S/C12H18O9/c1-3-18-9(13)11(15)20-7-5-17-6-8-21-12(16)10(14)19-4-2/h3-8H2,1-2H3. The highest BCUT2D eigenvalue weighted by atomic mass is 16.6. The second-order valence-corrected chi connectivity index (χ2v) is 3.33. The van der Waals surface area contributed by atoms with Crippen molar-refractivity contribution >= 4 is 23.9 Å². The first kappa shape index (κ1) is 18.8. The first-order chi connectivity index (χ1) is 10.0. The van der Waals surface area contributed by atoms with Crippen molar-refractivity contribution in [2.75, 3.05) is 39.6 Å². The van der Waals surface area contributed by atoms with Crippen LogP contribution in [0.5, 0.6) is 0 Å². The lowest BCUT2D eigenvalue weighted by molar-refractivity contribution is -0.169. The van der Waals surface area contributed by atoms with Gasteiger partial charge in [-0.25, -0.2) is 19.2 Å². The summed E-state index contributed by atoms with van der Waals surface area (Å²) < 4.78 is 22.8. The van der Waals surface area contributed by atoms with E-state index in [1.54, 1.807) is 13.8 Å². The number of hydrogen-bond donors (Lipinski definition) is 0. The first-order valence-corrected chi connectivity index (χ1v) is 6.28. The molecule has 0 aliphatic carbocycles. The number of ether oxygens (including phenoxy) is 5. The van der Waals surface area contributed by atoms with Crippen LogP contribution in [-0.4, -0.2) is 63.5 Å². The summed E-state index contributed by atoms with van der Waals surface area (Å²) in [4.78, 5) is 43.7. The minimum atomic E-state index is -1.10. The summed E-state index contributed by atoms with van der Waals surface area (Å²) in [5, 5.41) is 0. The van der Waals surface area contributed by atoms with Crippen molar-refractivity contribution in [3.63, 3.8) is 0 Å². The van der Waals surface area contributed by atoms with Crippen LogP contribution in [0.3, 0.4) is 0 Å². The lowest BCUT2D eigenvalue weighted by Crippen LogP contribution is -2.23. The zero-order chi connectivity index (χ0) is 16.1. The molecule has 9 nitrogen and oxygen atoms in total. The molecule has 0 aromatic rings. The van der Waals surface area contributed by atoms with E-state index in [4.69, 9.17) is 4.74 Å². The minimum Gasteiger partial charge on any atom is -0.458 e. The highest BCUT2D eigenvalue weighted by Gasteiger charge is 2.17. The maximum absolute atomic E-state index is 11.0. The molecule has 0 saturated heterocycles. The summed E-state index contributed by atoms with van der Waals surface area (Å²) in [5.41, 5.74) is 0. The minimum absolute atomic E-state index is 0.00209. The maximum Gasteiger partial charge on any atom is 0.417 e. The SMILES string of the molecule is CCOC(=O)C(=O)OCCOCCOC(=O)C(=O)OCC. The summed E-state index contributed by atoms with van der Waals surface area (Å²) in [5.74, 6) is -4.34. The molecule has 0 spiro atoms. The Bertz CT molecular complexity index is 330. The monoisotopic (exact) mass is 306 g/mol. The molecule has 9 heteroatoms. The van der Waals surface area contributed by atoms with Crippen molar-refractivity contribution < 1.29 is 42.9 Å². The van der Waals surface area contributed by atoms with Crippen molar-refractivity contribution in [2.24, 2.45) is 0 Å². The summed E-state index contributed by atoms with van der Waals surface area (Å²) in [6.07, 6.45) is 0. The second kappa shape index (κ2) is 11.6. The van der Waals surface area contributed by atoms with Gasteiger partial charge in [0.1, 0.15) is 13.2 Å². The van der Waals surface area contributed by atoms with Gasteiger partial charge in [0, 0.05) is 0 Å². The van der Waals surface area contributed by atoms with E-state index in [-0.39, 0.29) is 39.6 Å². The quantitative estimate of drug-likeness (QED) is 0.246. The van der Waals surface area contributed by atoms with Crippen LogP contribution in [0.2, 0.25) is 0 Å². The van der Waals surface area contributed by atoms with E-state index in [1.807, 2.05) is 0 Å². The molecule has 0 aliphatic rings. The molecule has 0 amide bonds. The number of esters is 4. The van der Waals surface area contributed by atoms with Crippen LogP contribution in [0, 0.1) is 0 Å². The third kappa shape index (κ3) is 9.38. The van der Waals surface area contributed by atoms with Crippen LogP contribution >= 0.6 is 0 Å². The fraction of sp³-hybridized carbons (Fsp3) is 0.667. The molecule has 0 aromatic heterocycles. The van der Waals surface area contributed by atoms with Crippen LogP contribution < -0.4 is 0 Å². The molecule has 0 atom stereocenters. The van der Waals surface area contributed by atoms with Gasteiger partial charge >= 0.3 is 23.9 Å². The van der Waals surface area contributed by atoms with Gasteiger partial charge in [-0.3, -0.25) is 0 Å². The van der Waals surface area contributed by atoms with Crippen LogP contribution in [0.25, 0.3) is 0 Å². The number of carbonyl (C=O) groups is 4. The number of carbonyl (C=O) groups excluding carboxylic acids is 4. The highest BCUT2D eigenvalue weighted by molar-refractivity contribution is 6.30. The van der Waals surface area contributed by atoms with Gasteiger partial charge in [-0.05, 0) is 13.8 Å². The maximum atomic E-state index is 11.0. The average Bonchev–Trinajstić information content (AvgIpc) is 2.46. The fourth-order valence-corrected chi connectivity index (χ4v) is 0.987. The second-order valence-electron chi connectivity index (χ2n) is 3.33. The van der Waals surface area contributed by atoms with E-state index < -0.39 is 23.9 Å². The Balaban J connectivity index is 3.52. The van der Waals surface area contributed by atoms with Crippen molar-refractivity contribution in [3.8, 4) is 0 Å². The van der Waals surface area contributed by atoms with Gasteiger partial charge < -0.3 is 23.7 Å². The van der Waals surface area contributed by atoms with Crippen molar-refractivity contribution in [3.05, 3.63) is 0 Å². The normalized spacial score (nSPS) is 9.62. The molecule has 0 rings (SSSR count). The first-order valence-electron chi connectivity index (χ1n) is 6.28.